The third kappa shape index (κ3) is 3.20. The first-order valence-corrected chi connectivity index (χ1v) is 9.56. The molecule has 0 atom stereocenters. The molecule has 10 heteroatoms. The summed E-state index contributed by atoms with van der Waals surface area (Å²) in [4.78, 5) is 32.2. The fraction of sp³-hybridized carbons (Fsp3) is 0.250. The first kappa shape index (κ1) is 16.7. The number of hydrogen-bond acceptors (Lipinski definition) is 7. The predicted molar refractivity (Wildman–Crippen MR) is 98.5 cm³/mol. The van der Waals surface area contributed by atoms with Crippen molar-refractivity contribution in [3.05, 3.63) is 39.8 Å². The first-order valence-electron chi connectivity index (χ1n) is 7.86. The lowest BCUT2D eigenvalue weighted by Crippen LogP contribution is -2.35. The molecule has 26 heavy (non-hydrogen) atoms. The Morgan fingerprint density at radius 3 is 3.08 bits per heavy atom. The minimum atomic E-state index is -0.554. The highest BCUT2D eigenvalue weighted by Gasteiger charge is 2.26. The van der Waals surface area contributed by atoms with Gasteiger partial charge >= 0.3 is 6.09 Å². The van der Waals surface area contributed by atoms with Gasteiger partial charge in [0.05, 0.1) is 29.9 Å². The number of thiophene rings is 1. The maximum absolute atomic E-state index is 12.8. The summed E-state index contributed by atoms with van der Waals surface area (Å²) in [6.45, 7) is 1.02. The molecule has 4 heterocycles. The fourth-order valence-corrected chi connectivity index (χ4v) is 4.41. The molecule has 2 amide bonds. The lowest BCUT2D eigenvalue weighted by molar-refractivity contribution is 0.0730. The number of carbonyl (C=O) groups is 2. The third-order valence-corrected chi connectivity index (χ3v) is 5.90. The standard InChI is InChI=1S/C16H15N5O3S2/c1-24-16(23)18-15-17-9-4-5-21(8-13(9)26-15)14(22)11-7-10(19-20-11)12-3-2-6-25-12/h2-3,6-7H,4-5,8H2,1H3,(H,19,20)(H,17,18,23). The minimum Gasteiger partial charge on any atom is -0.453 e. The van der Waals surface area contributed by atoms with Crippen LogP contribution in [0.4, 0.5) is 9.93 Å². The van der Waals surface area contributed by atoms with E-state index in [2.05, 4.69) is 25.2 Å². The van der Waals surface area contributed by atoms with E-state index in [0.717, 1.165) is 21.1 Å². The fourth-order valence-electron chi connectivity index (χ4n) is 2.71. The Bertz CT molecular complexity index is 947. The average molecular weight is 389 g/mol. The number of fused-ring (bicyclic) bond motifs is 1. The number of H-pyrrole nitrogens is 1. The van der Waals surface area contributed by atoms with Crippen LogP contribution in [0.2, 0.25) is 0 Å². The van der Waals surface area contributed by atoms with Crippen LogP contribution in [0.25, 0.3) is 10.6 Å². The van der Waals surface area contributed by atoms with E-state index in [9.17, 15) is 9.59 Å². The summed E-state index contributed by atoms with van der Waals surface area (Å²) >= 11 is 2.94. The summed E-state index contributed by atoms with van der Waals surface area (Å²) in [5.74, 6) is -0.120. The number of hydrogen-bond donors (Lipinski definition) is 2. The van der Waals surface area contributed by atoms with Gasteiger partial charge in [0.25, 0.3) is 5.91 Å². The normalized spacial score (nSPS) is 13.3. The molecule has 0 spiro atoms. The molecule has 0 saturated carbocycles. The van der Waals surface area contributed by atoms with Crippen molar-refractivity contribution >= 4 is 39.8 Å². The van der Waals surface area contributed by atoms with Crippen LogP contribution in [0.3, 0.4) is 0 Å². The summed E-state index contributed by atoms with van der Waals surface area (Å²) in [5, 5.41) is 12.1. The van der Waals surface area contributed by atoms with Crippen LogP contribution in [-0.2, 0) is 17.7 Å². The average Bonchev–Trinajstić information content (AvgIpc) is 3.38. The number of rotatable bonds is 3. The highest BCUT2D eigenvalue weighted by Crippen LogP contribution is 2.29. The van der Waals surface area contributed by atoms with E-state index in [1.54, 1.807) is 22.3 Å². The summed E-state index contributed by atoms with van der Waals surface area (Å²) in [5.41, 5.74) is 2.14. The monoisotopic (exact) mass is 389 g/mol. The summed E-state index contributed by atoms with van der Waals surface area (Å²) in [6.07, 6.45) is 0.0875. The molecule has 0 aliphatic carbocycles. The number of nitrogens with one attached hydrogen (secondary N) is 2. The van der Waals surface area contributed by atoms with Gasteiger partial charge in [-0.1, -0.05) is 17.4 Å². The topological polar surface area (TPSA) is 100 Å². The molecule has 1 aliphatic heterocycles. The lowest BCUT2D eigenvalue weighted by Gasteiger charge is -2.25. The molecular weight excluding hydrogens is 374 g/mol. The number of aromatic nitrogens is 3. The molecule has 0 unspecified atom stereocenters. The number of ether oxygens (including phenoxy) is 1. The van der Waals surface area contributed by atoms with Gasteiger partial charge in [-0.2, -0.15) is 5.10 Å². The van der Waals surface area contributed by atoms with Gasteiger partial charge in [0.2, 0.25) is 0 Å². The highest BCUT2D eigenvalue weighted by atomic mass is 32.1. The van der Waals surface area contributed by atoms with Crippen molar-refractivity contribution in [1.82, 2.24) is 20.1 Å². The Balaban J connectivity index is 1.48. The van der Waals surface area contributed by atoms with Crippen molar-refractivity contribution in [2.45, 2.75) is 13.0 Å². The van der Waals surface area contributed by atoms with Crippen molar-refractivity contribution in [2.75, 3.05) is 19.0 Å². The summed E-state index contributed by atoms with van der Waals surface area (Å²) < 4.78 is 4.58. The largest absolute Gasteiger partial charge is 0.453 e. The van der Waals surface area contributed by atoms with Gasteiger partial charge in [0, 0.05) is 17.8 Å². The second-order valence-electron chi connectivity index (χ2n) is 5.63. The maximum atomic E-state index is 12.8. The highest BCUT2D eigenvalue weighted by molar-refractivity contribution is 7.15. The van der Waals surface area contributed by atoms with Crippen LogP contribution < -0.4 is 5.32 Å². The van der Waals surface area contributed by atoms with Crippen molar-refractivity contribution in [2.24, 2.45) is 0 Å². The zero-order valence-electron chi connectivity index (χ0n) is 13.8. The zero-order chi connectivity index (χ0) is 18.1. The van der Waals surface area contributed by atoms with E-state index in [1.807, 2.05) is 17.5 Å². The van der Waals surface area contributed by atoms with E-state index in [1.165, 1.54) is 18.4 Å². The molecule has 0 aromatic carbocycles. The SMILES string of the molecule is COC(=O)Nc1nc2c(s1)CN(C(=O)c1cc(-c3cccs3)[nH]n1)CC2. The number of nitrogens with zero attached hydrogens (tertiary/aromatic N) is 3. The molecule has 0 saturated heterocycles. The second-order valence-corrected chi connectivity index (χ2v) is 7.66. The van der Waals surface area contributed by atoms with Gasteiger partial charge in [-0.25, -0.2) is 9.78 Å². The molecule has 8 nitrogen and oxygen atoms in total. The van der Waals surface area contributed by atoms with E-state index in [4.69, 9.17) is 0 Å². The van der Waals surface area contributed by atoms with Gasteiger partial charge < -0.3 is 9.64 Å². The quantitative estimate of drug-likeness (QED) is 0.717. The van der Waals surface area contributed by atoms with Gasteiger partial charge in [0.1, 0.15) is 0 Å². The Hall–Kier alpha value is -2.72. The van der Waals surface area contributed by atoms with E-state index < -0.39 is 6.09 Å². The molecule has 3 aromatic heterocycles. The zero-order valence-corrected chi connectivity index (χ0v) is 15.4. The maximum Gasteiger partial charge on any atom is 0.413 e. The van der Waals surface area contributed by atoms with Crippen LogP contribution in [0.1, 0.15) is 21.1 Å². The van der Waals surface area contributed by atoms with Crippen LogP contribution in [0.15, 0.2) is 23.6 Å². The second kappa shape index (κ2) is 6.89. The van der Waals surface area contributed by atoms with Crippen molar-refractivity contribution in [3.63, 3.8) is 0 Å². The van der Waals surface area contributed by atoms with Crippen LogP contribution in [0.5, 0.6) is 0 Å². The van der Waals surface area contributed by atoms with E-state index in [0.29, 0.717) is 30.3 Å². The molecule has 3 aromatic rings. The minimum absolute atomic E-state index is 0.120. The van der Waals surface area contributed by atoms with Crippen molar-refractivity contribution in [3.8, 4) is 10.6 Å². The Morgan fingerprint density at radius 1 is 1.42 bits per heavy atom. The van der Waals surface area contributed by atoms with Crippen LogP contribution in [-0.4, -0.2) is 45.7 Å². The number of amides is 2. The molecule has 0 fully saturated rings. The number of anilines is 1. The van der Waals surface area contributed by atoms with Crippen molar-refractivity contribution < 1.29 is 14.3 Å². The van der Waals surface area contributed by atoms with Gasteiger partial charge in [-0.3, -0.25) is 15.2 Å². The number of carbonyl (C=O) groups excluding carboxylic acids is 2. The molecule has 2 N–H and O–H groups in total. The lowest BCUT2D eigenvalue weighted by atomic mass is 10.1. The molecule has 134 valence electrons. The molecular formula is C16H15N5O3S2. The Labute approximate surface area is 156 Å². The summed E-state index contributed by atoms with van der Waals surface area (Å²) in [6, 6.07) is 5.71. The Morgan fingerprint density at radius 2 is 2.31 bits per heavy atom. The number of aromatic amines is 1. The molecule has 0 bridgehead atoms. The van der Waals surface area contributed by atoms with Gasteiger partial charge in [-0.15, -0.1) is 11.3 Å². The molecule has 4 rings (SSSR count). The van der Waals surface area contributed by atoms with Crippen LogP contribution >= 0.6 is 22.7 Å². The van der Waals surface area contributed by atoms with E-state index in [-0.39, 0.29) is 5.91 Å². The predicted octanol–water partition coefficient (Wildman–Crippen LogP) is 2.97. The van der Waals surface area contributed by atoms with E-state index >= 15 is 0 Å². The van der Waals surface area contributed by atoms with Crippen LogP contribution in [0, 0.1) is 0 Å². The van der Waals surface area contributed by atoms with Crippen molar-refractivity contribution in [1.29, 1.82) is 0 Å². The summed E-state index contributed by atoms with van der Waals surface area (Å²) in [7, 11) is 1.30. The van der Waals surface area contributed by atoms with Gasteiger partial charge in [0.15, 0.2) is 10.8 Å². The third-order valence-electron chi connectivity index (χ3n) is 4.00. The Kier molecular flexibility index (Phi) is 4.43. The number of thiazole rings is 1. The smallest absolute Gasteiger partial charge is 0.413 e. The molecule has 1 aliphatic rings. The van der Waals surface area contributed by atoms with Gasteiger partial charge in [-0.05, 0) is 17.5 Å². The number of methoxy groups -OCH3 is 1. The first-order chi connectivity index (χ1) is 12.6. The molecule has 0 radical (unpaired) electrons.